The summed E-state index contributed by atoms with van der Waals surface area (Å²) in [4.78, 5) is 16.5. The number of ketones is 1. The maximum Gasteiger partial charge on any atom is 0.166 e. The van der Waals surface area contributed by atoms with Crippen LogP contribution in [0.1, 0.15) is 44.6 Å². The molecule has 1 aromatic rings. The van der Waals surface area contributed by atoms with Gasteiger partial charge in [0, 0.05) is 25.4 Å². The van der Waals surface area contributed by atoms with Crippen LogP contribution >= 0.6 is 0 Å². The highest BCUT2D eigenvalue weighted by molar-refractivity contribution is 5.85. The van der Waals surface area contributed by atoms with Crippen LogP contribution in [0, 0.1) is 5.92 Å². The summed E-state index contributed by atoms with van der Waals surface area (Å²) < 4.78 is 5.75. The van der Waals surface area contributed by atoms with Gasteiger partial charge in [0.2, 0.25) is 0 Å². The predicted molar refractivity (Wildman–Crippen MR) is 74.9 cm³/mol. The lowest BCUT2D eigenvalue weighted by molar-refractivity contribution is -0.134. The van der Waals surface area contributed by atoms with Crippen molar-refractivity contribution in [2.24, 2.45) is 5.92 Å². The van der Waals surface area contributed by atoms with Crippen LogP contribution in [0.15, 0.2) is 24.5 Å². The van der Waals surface area contributed by atoms with Crippen LogP contribution < -0.4 is 0 Å². The predicted octanol–water partition coefficient (Wildman–Crippen LogP) is 3.18. The van der Waals surface area contributed by atoms with E-state index < -0.39 is 0 Å². The topological polar surface area (TPSA) is 39.2 Å². The number of ether oxygens (including phenoxy) is 1. The van der Waals surface area contributed by atoms with E-state index in [4.69, 9.17) is 4.74 Å². The highest BCUT2D eigenvalue weighted by atomic mass is 16.5. The molecular weight excluding hydrogens is 238 g/mol. The summed E-state index contributed by atoms with van der Waals surface area (Å²) in [7, 11) is 0. The van der Waals surface area contributed by atoms with Gasteiger partial charge in [-0.2, -0.15) is 0 Å². The molecule has 0 saturated heterocycles. The van der Waals surface area contributed by atoms with Gasteiger partial charge >= 0.3 is 0 Å². The minimum atomic E-state index is -0.217. The maximum absolute atomic E-state index is 12.4. The van der Waals surface area contributed by atoms with Gasteiger partial charge in [0.1, 0.15) is 6.10 Å². The van der Waals surface area contributed by atoms with Gasteiger partial charge in [0.15, 0.2) is 5.78 Å². The Morgan fingerprint density at radius 3 is 2.84 bits per heavy atom. The van der Waals surface area contributed by atoms with Crippen LogP contribution in [0.25, 0.3) is 0 Å². The average molecular weight is 261 g/mol. The first-order valence-corrected chi connectivity index (χ1v) is 7.34. The lowest BCUT2D eigenvalue weighted by Gasteiger charge is -2.29. The van der Waals surface area contributed by atoms with Gasteiger partial charge in [-0.25, -0.2) is 0 Å². The van der Waals surface area contributed by atoms with Crippen molar-refractivity contribution in [3.8, 4) is 0 Å². The normalized spacial score (nSPS) is 18.2. The molecule has 0 N–H and O–H groups in total. The van der Waals surface area contributed by atoms with E-state index in [1.807, 2.05) is 19.1 Å². The molecule has 0 radical (unpaired) electrons. The molecule has 0 spiro atoms. The molecule has 1 heterocycles. The quantitative estimate of drug-likeness (QED) is 0.789. The van der Waals surface area contributed by atoms with E-state index in [1.165, 1.54) is 19.3 Å². The summed E-state index contributed by atoms with van der Waals surface area (Å²) in [5, 5.41) is 0. The van der Waals surface area contributed by atoms with Crippen LogP contribution in [-0.4, -0.2) is 23.5 Å². The second-order valence-corrected chi connectivity index (χ2v) is 5.28. The SMILES string of the molecule is CCOC(C(=O)Cc1cccnc1)C1CCCCC1. The minimum absolute atomic E-state index is 0.210. The smallest absolute Gasteiger partial charge is 0.166 e. The molecule has 104 valence electrons. The van der Waals surface area contributed by atoms with Crippen molar-refractivity contribution in [2.45, 2.75) is 51.6 Å². The molecule has 2 rings (SSSR count). The molecule has 0 aromatic carbocycles. The van der Waals surface area contributed by atoms with Gasteiger partial charge in [-0.15, -0.1) is 0 Å². The third-order valence-corrected chi connectivity index (χ3v) is 3.84. The first-order chi connectivity index (χ1) is 9.31. The Labute approximate surface area is 115 Å². The molecule has 0 amide bonds. The summed E-state index contributed by atoms with van der Waals surface area (Å²) >= 11 is 0. The van der Waals surface area contributed by atoms with E-state index in [0.29, 0.717) is 18.9 Å². The van der Waals surface area contributed by atoms with Crippen LogP contribution in [0.5, 0.6) is 0 Å². The van der Waals surface area contributed by atoms with Crippen molar-refractivity contribution >= 4 is 5.78 Å². The number of nitrogens with zero attached hydrogens (tertiary/aromatic N) is 1. The van der Waals surface area contributed by atoms with Crippen LogP contribution in [0.4, 0.5) is 0 Å². The molecular formula is C16H23NO2. The Morgan fingerprint density at radius 2 is 2.21 bits per heavy atom. The van der Waals surface area contributed by atoms with Crippen LogP contribution in [-0.2, 0) is 16.0 Å². The molecule has 1 unspecified atom stereocenters. The first-order valence-electron chi connectivity index (χ1n) is 7.34. The van der Waals surface area contributed by atoms with E-state index in [9.17, 15) is 4.79 Å². The van der Waals surface area contributed by atoms with Gasteiger partial charge in [0.25, 0.3) is 0 Å². The highest BCUT2D eigenvalue weighted by Crippen LogP contribution is 2.29. The number of Topliss-reactive ketones (excluding diaryl/α,β-unsaturated/α-hetero) is 1. The van der Waals surface area contributed by atoms with Gasteiger partial charge in [0.05, 0.1) is 0 Å². The van der Waals surface area contributed by atoms with E-state index >= 15 is 0 Å². The number of hydrogen-bond acceptors (Lipinski definition) is 3. The number of carbonyl (C=O) groups excluding carboxylic acids is 1. The molecule has 19 heavy (non-hydrogen) atoms. The third kappa shape index (κ3) is 4.13. The fourth-order valence-corrected chi connectivity index (χ4v) is 2.91. The largest absolute Gasteiger partial charge is 0.370 e. The highest BCUT2D eigenvalue weighted by Gasteiger charge is 2.29. The van der Waals surface area contributed by atoms with E-state index in [2.05, 4.69) is 4.98 Å². The number of aromatic nitrogens is 1. The molecule has 1 aliphatic rings. The summed E-state index contributed by atoms with van der Waals surface area (Å²) in [6.07, 6.45) is 9.74. The van der Waals surface area contributed by atoms with Crippen molar-refractivity contribution in [1.29, 1.82) is 0 Å². The molecule has 0 aliphatic heterocycles. The summed E-state index contributed by atoms with van der Waals surface area (Å²) in [5.74, 6) is 0.625. The summed E-state index contributed by atoms with van der Waals surface area (Å²) in [5.41, 5.74) is 0.980. The molecule has 1 saturated carbocycles. The fourth-order valence-electron chi connectivity index (χ4n) is 2.91. The summed E-state index contributed by atoms with van der Waals surface area (Å²) in [6.45, 7) is 2.58. The van der Waals surface area contributed by atoms with Crippen molar-refractivity contribution in [3.63, 3.8) is 0 Å². The maximum atomic E-state index is 12.4. The monoisotopic (exact) mass is 261 g/mol. The second-order valence-electron chi connectivity index (χ2n) is 5.28. The lowest BCUT2D eigenvalue weighted by atomic mass is 9.83. The average Bonchev–Trinajstić information content (AvgIpc) is 2.46. The lowest BCUT2D eigenvalue weighted by Crippen LogP contribution is -2.35. The second kappa shape index (κ2) is 7.39. The van der Waals surface area contributed by atoms with Crippen molar-refractivity contribution in [2.75, 3.05) is 6.61 Å². The Kier molecular flexibility index (Phi) is 5.52. The number of hydrogen-bond donors (Lipinski definition) is 0. The van der Waals surface area contributed by atoms with E-state index in [-0.39, 0.29) is 11.9 Å². The molecule has 1 aliphatic carbocycles. The van der Waals surface area contributed by atoms with Crippen LogP contribution in [0.3, 0.4) is 0 Å². The Bertz CT molecular complexity index is 385. The molecule has 1 atom stereocenters. The van der Waals surface area contributed by atoms with E-state index in [0.717, 1.165) is 18.4 Å². The van der Waals surface area contributed by atoms with Gasteiger partial charge in [-0.3, -0.25) is 9.78 Å². The minimum Gasteiger partial charge on any atom is -0.370 e. The standard InChI is InChI=1S/C16H23NO2/c1-2-19-16(14-8-4-3-5-9-14)15(18)11-13-7-6-10-17-12-13/h6-7,10,12,14,16H,2-5,8-9,11H2,1H3. The van der Waals surface area contributed by atoms with Crippen molar-refractivity contribution < 1.29 is 9.53 Å². The first kappa shape index (κ1) is 14.2. The third-order valence-electron chi connectivity index (χ3n) is 3.84. The molecule has 1 fully saturated rings. The number of rotatable bonds is 6. The van der Waals surface area contributed by atoms with Gasteiger partial charge in [-0.1, -0.05) is 25.3 Å². The van der Waals surface area contributed by atoms with Crippen molar-refractivity contribution in [3.05, 3.63) is 30.1 Å². The number of pyridine rings is 1. The molecule has 0 bridgehead atoms. The fraction of sp³-hybridized carbons (Fsp3) is 0.625. The van der Waals surface area contributed by atoms with Crippen LogP contribution in [0.2, 0.25) is 0 Å². The Hall–Kier alpha value is -1.22. The summed E-state index contributed by atoms with van der Waals surface area (Å²) in [6, 6.07) is 3.83. The number of carbonyl (C=O) groups is 1. The van der Waals surface area contributed by atoms with Crippen molar-refractivity contribution in [1.82, 2.24) is 4.98 Å². The van der Waals surface area contributed by atoms with E-state index in [1.54, 1.807) is 12.4 Å². The molecule has 1 aromatic heterocycles. The molecule has 3 heteroatoms. The zero-order valence-corrected chi connectivity index (χ0v) is 11.7. The van der Waals surface area contributed by atoms with Gasteiger partial charge in [-0.05, 0) is 37.3 Å². The Morgan fingerprint density at radius 1 is 1.42 bits per heavy atom. The molecule has 3 nitrogen and oxygen atoms in total. The Balaban J connectivity index is 1.99. The zero-order chi connectivity index (χ0) is 13.5. The van der Waals surface area contributed by atoms with Gasteiger partial charge < -0.3 is 4.74 Å². The zero-order valence-electron chi connectivity index (χ0n) is 11.7.